The number of hydrogen-bond acceptors (Lipinski definition) is 6. The van der Waals surface area contributed by atoms with Gasteiger partial charge in [-0.05, 0) is 25.0 Å². The minimum atomic E-state index is -0.250. The van der Waals surface area contributed by atoms with Crippen LogP contribution in [-0.4, -0.2) is 38.1 Å². The summed E-state index contributed by atoms with van der Waals surface area (Å²) in [5, 5.41) is 10.9. The molecule has 1 aliphatic heterocycles. The highest BCUT2D eigenvalue weighted by Crippen LogP contribution is 2.26. The zero-order valence-electron chi connectivity index (χ0n) is 12.4. The fourth-order valence-electron chi connectivity index (χ4n) is 2.95. The van der Waals surface area contributed by atoms with Gasteiger partial charge in [0.1, 0.15) is 18.1 Å². The number of aromatic nitrogens is 4. The third-order valence-electron chi connectivity index (χ3n) is 4.04. The molecule has 4 rings (SSSR count). The highest BCUT2D eigenvalue weighted by molar-refractivity contribution is 5.86. The van der Waals surface area contributed by atoms with Gasteiger partial charge in [-0.2, -0.15) is 0 Å². The van der Waals surface area contributed by atoms with Gasteiger partial charge in [0.05, 0.1) is 12.8 Å². The van der Waals surface area contributed by atoms with E-state index in [0.717, 1.165) is 25.1 Å². The topological polar surface area (TPSA) is 88.6 Å². The second kappa shape index (κ2) is 5.71. The maximum atomic E-state index is 12.5. The molecule has 118 valence electrons. The van der Waals surface area contributed by atoms with Crippen molar-refractivity contribution >= 4 is 17.4 Å². The molecule has 0 spiro atoms. The number of hydrogen-bond donors (Lipinski definition) is 1. The van der Waals surface area contributed by atoms with Gasteiger partial charge in [-0.1, -0.05) is 0 Å². The summed E-state index contributed by atoms with van der Waals surface area (Å²) in [6, 6.07) is 3.39. The first-order valence-electron chi connectivity index (χ1n) is 7.54. The molecular weight excluding hydrogens is 296 g/mol. The third-order valence-corrected chi connectivity index (χ3v) is 4.04. The Labute approximate surface area is 132 Å². The predicted octanol–water partition coefficient (Wildman–Crippen LogP) is 1.00. The van der Waals surface area contributed by atoms with Crippen LogP contribution in [0.3, 0.4) is 0 Å². The SMILES string of the molecule is O=C(NCc1ccco1)C1CCCN1c1nccn2cnnc12. The number of rotatable bonds is 4. The molecule has 0 bridgehead atoms. The Balaban J connectivity index is 1.54. The van der Waals surface area contributed by atoms with E-state index in [1.165, 1.54) is 0 Å². The van der Waals surface area contributed by atoms with E-state index in [-0.39, 0.29) is 11.9 Å². The standard InChI is InChI=1S/C15H16N6O2/c22-15(17-9-11-3-2-8-23-11)12-4-1-6-21(12)13-14-19-18-10-20(14)7-5-16-13/h2-3,5,7-8,10,12H,1,4,6,9H2,(H,17,22). The lowest BCUT2D eigenvalue weighted by atomic mass is 10.2. The van der Waals surface area contributed by atoms with Crippen LogP contribution in [0.15, 0.2) is 41.5 Å². The summed E-state index contributed by atoms with van der Waals surface area (Å²) in [4.78, 5) is 18.9. The van der Waals surface area contributed by atoms with Crippen LogP contribution in [0.25, 0.3) is 5.65 Å². The van der Waals surface area contributed by atoms with E-state index in [1.807, 2.05) is 11.0 Å². The van der Waals surface area contributed by atoms with E-state index in [9.17, 15) is 4.79 Å². The van der Waals surface area contributed by atoms with E-state index in [1.54, 1.807) is 35.5 Å². The number of fused-ring (bicyclic) bond motifs is 1. The molecule has 1 amide bonds. The minimum absolute atomic E-state index is 0.0257. The van der Waals surface area contributed by atoms with E-state index in [4.69, 9.17) is 4.42 Å². The zero-order chi connectivity index (χ0) is 15.6. The molecular formula is C15H16N6O2. The van der Waals surface area contributed by atoms with E-state index >= 15 is 0 Å². The average molecular weight is 312 g/mol. The van der Waals surface area contributed by atoms with Gasteiger partial charge in [-0.3, -0.25) is 9.20 Å². The molecule has 23 heavy (non-hydrogen) atoms. The number of carbonyl (C=O) groups excluding carboxylic acids is 1. The highest BCUT2D eigenvalue weighted by Gasteiger charge is 2.33. The quantitative estimate of drug-likeness (QED) is 0.773. The van der Waals surface area contributed by atoms with Crippen LogP contribution in [0.2, 0.25) is 0 Å². The zero-order valence-corrected chi connectivity index (χ0v) is 12.4. The lowest BCUT2D eigenvalue weighted by Crippen LogP contribution is -2.43. The minimum Gasteiger partial charge on any atom is -0.467 e. The van der Waals surface area contributed by atoms with Gasteiger partial charge in [0.2, 0.25) is 11.6 Å². The van der Waals surface area contributed by atoms with Gasteiger partial charge < -0.3 is 14.6 Å². The summed E-state index contributed by atoms with van der Waals surface area (Å²) in [5.74, 6) is 1.41. The maximum Gasteiger partial charge on any atom is 0.243 e. The fraction of sp³-hybridized carbons (Fsp3) is 0.333. The Bertz CT molecular complexity index is 812. The van der Waals surface area contributed by atoms with Gasteiger partial charge in [0.25, 0.3) is 0 Å². The number of anilines is 1. The van der Waals surface area contributed by atoms with E-state index in [2.05, 4.69) is 20.5 Å². The van der Waals surface area contributed by atoms with E-state index in [0.29, 0.717) is 18.0 Å². The molecule has 0 saturated carbocycles. The van der Waals surface area contributed by atoms with Gasteiger partial charge in [-0.25, -0.2) is 4.98 Å². The van der Waals surface area contributed by atoms with Crippen molar-refractivity contribution < 1.29 is 9.21 Å². The molecule has 1 unspecified atom stereocenters. The fourth-order valence-corrected chi connectivity index (χ4v) is 2.95. The first kappa shape index (κ1) is 13.7. The molecule has 1 saturated heterocycles. The summed E-state index contributed by atoms with van der Waals surface area (Å²) in [6.07, 6.45) is 8.45. The molecule has 8 nitrogen and oxygen atoms in total. The number of carbonyl (C=O) groups is 1. The summed E-state index contributed by atoms with van der Waals surface area (Å²) in [6.45, 7) is 1.16. The average Bonchev–Trinajstić information content (AvgIpc) is 3.32. The van der Waals surface area contributed by atoms with Gasteiger partial charge in [-0.15, -0.1) is 10.2 Å². The number of furan rings is 1. The highest BCUT2D eigenvalue weighted by atomic mass is 16.3. The van der Waals surface area contributed by atoms with Crippen LogP contribution in [0, 0.1) is 0 Å². The van der Waals surface area contributed by atoms with Crippen molar-refractivity contribution in [3.8, 4) is 0 Å². The molecule has 3 aromatic rings. The second-order valence-corrected chi connectivity index (χ2v) is 5.46. The Morgan fingerprint density at radius 2 is 2.43 bits per heavy atom. The molecule has 0 aliphatic carbocycles. The molecule has 0 radical (unpaired) electrons. The molecule has 4 heterocycles. The Morgan fingerprint density at radius 1 is 1.48 bits per heavy atom. The molecule has 0 aromatic carbocycles. The van der Waals surface area contributed by atoms with E-state index < -0.39 is 0 Å². The maximum absolute atomic E-state index is 12.5. The second-order valence-electron chi connectivity index (χ2n) is 5.46. The molecule has 1 atom stereocenters. The Morgan fingerprint density at radius 3 is 3.30 bits per heavy atom. The van der Waals surface area contributed by atoms with Crippen molar-refractivity contribution in [1.29, 1.82) is 0 Å². The van der Waals surface area contributed by atoms with Crippen LogP contribution < -0.4 is 10.2 Å². The molecule has 8 heteroatoms. The van der Waals surface area contributed by atoms with Crippen molar-refractivity contribution in [2.45, 2.75) is 25.4 Å². The number of nitrogens with zero attached hydrogens (tertiary/aromatic N) is 5. The summed E-state index contributed by atoms with van der Waals surface area (Å²) >= 11 is 0. The molecule has 1 N–H and O–H groups in total. The lowest BCUT2D eigenvalue weighted by Gasteiger charge is -2.24. The predicted molar refractivity (Wildman–Crippen MR) is 81.7 cm³/mol. The van der Waals surface area contributed by atoms with Gasteiger partial charge in [0.15, 0.2) is 5.82 Å². The number of amides is 1. The smallest absolute Gasteiger partial charge is 0.243 e. The van der Waals surface area contributed by atoms with Crippen molar-refractivity contribution in [2.75, 3.05) is 11.4 Å². The van der Waals surface area contributed by atoms with Crippen molar-refractivity contribution in [2.24, 2.45) is 0 Å². The first-order valence-corrected chi connectivity index (χ1v) is 7.54. The van der Waals surface area contributed by atoms with Crippen LogP contribution in [0.1, 0.15) is 18.6 Å². The number of nitrogens with one attached hydrogen (secondary N) is 1. The first-order chi connectivity index (χ1) is 11.3. The third kappa shape index (κ3) is 2.52. The molecule has 1 fully saturated rings. The van der Waals surface area contributed by atoms with Crippen LogP contribution in [0.4, 0.5) is 5.82 Å². The van der Waals surface area contributed by atoms with Gasteiger partial charge in [0, 0.05) is 18.9 Å². The lowest BCUT2D eigenvalue weighted by molar-refractivity contribution is -0.122. The Hall–Kier alpha value is -2.90. The summed E-state index contributed by atoms with van der Waals surface area (Å²) < 4.78 is 7.05. The summed E-state index contributed by atoms with van der Waals surface area (Å²) in [5.41, 5.74) is 0.665. The van der Waals surface area contributed by atoms with Crippen molar-refractivity contribution in [3.63, 3.8) is 0 Å². The molecule has 3 aromatic heterocycles. The van der Waals surface area contributed by atoms with Crippen molar-refractivity contribution in [1.82, 2.24) is 24.9 Å². The summed E-state index contributed by atoms with van der Waals surface area (Å²) in [7, 11) is 0. The van der Waals surface area contributed by atoms with Crippen LogP contribution in [-0.2, 0) is 11.3 Å². The largest absolute Gasteiger partial charge is 0.467 e. The monoisotopic (exact) mass is 312 g/mol. The molecule has 1 aliphatic rings. The normalized spacial score (nSPS) is 17.7. The van der Waals surface area contributed by atoms with Crippen LogP contribution in [0.5, 0.6) is 0 Å². The van der Waals surface area contributed by atoms with Crippen molar-refractivity contribution in [3.05, 3.63) is 42.9 Å². The van der Waals surface area contributed by atoms with Gasteiger partial charge >= 0.3 is 0 Å². The van der Waals surface area contributed by atoms with Crippen LogP contribution >= 0.6 is 0 Å². The Kier molecular flexibility index (Phi) is 3.41.